The van der Waals surface area contributed by atoms with Crippen molar-refractivity contribution in [3.63, 3.8) is 0 Å². The lowest BCUT2D eigenvalue weighted by molar-refractivity contribution is -0.111. The molecule has 0 fully saturated rings. The van der Waals surface area contributed by atoms with E-state index in [0.29, 0.717) is 29.8 Å². The number of allylic oxidation sites excluding steroid dienone is 1. The smallest absolute Gasteiger partial charge is 0.248 e. The third-order valence-electron chi connectivity index (χ3n) is 4.47. The average molecular weight is 372 g/mol. The van der Waals surface area contributed by atoms with Crippen LogP contribution in [-0.2, 0) is 4.79 Å². The van der Waals surface area contributed by atoms with Gasteiger partial charge in [-0.3, -0.25) is 4.79 Å². The third-order valence-corrected chi connectivity index (χ3v) is 4.47. The van der Waals surface area contributed by atoms with Crippen LogP contribution < -0.4 is 11.1 Å². The first-order chi connectivity index (χ1) is 12.7. The van der Waals surface area contributed by atoms with Gasteiger partial charge in [0.05, 0.1) is 17.5 Å². The zero-order valence-electron chi connectivity index (χ0n) is 15.4. The maximum atomic E-state index is 13.5. The molecule has 0 saturated heterocycles. The van der Waals surface area contributed by atoms with Crippen molar-refractivity contribution in [3.05, 3.63) is 66.0 Å². The van der Waals surface area contributed by atoms with Gasteiger partial charge < -0.3 is 21.3 Å². The molecule has 144 valence electrons. The third kappa shape index (κ3) is 5.56. The number of nitrogens with one attached hydrogen (secondary N) is 1. The second-order valence-electron chi connectivity index (χ2n) is 7.12. The number of carbonyl (C=O) groups excluding carboxylic acids is 1. The number of aliphatic hydroxyl groups is 1. The highest BCUT2D eigenvalue weighted by Gasteiger charge is 2.29. The van der Waals surface area contributed by atoms with Crippen LogP contribution in [0.4, 0.5) is 15.8 Å². The zero-order valence-corrected chi connectivity index (χ0v) is 15.4. The predicted octanol–water partition coefficient (Wildman–Crippen LogP) is 4.15. The van der Waals surface area contributed by atoms with Crippen molar-refractivity contribution in [2.45, 2.75) is 32.8 Å². The highest BCUT2D eigenvalue weighted by molar-refractivity contribution is 6.01. The van der Waals surface area contributed by atoms with Gasteiger partial charge in [-0.05, 0) is 54.2 Å². The Balaban J connectivity index is 1.90. The second kappa shape index (κ2) is 8.68. The molecule has 1 amide bonds. The molecule has 0 unspecified atom stereocenters. The van der Waals surface area contributed by atoms with E-state index < -0.39 is 23.1 Å². The van der Waals surface area contributed by atoms with Gasteiger partial charge in [0.25, 0.3) is 0 Å². The molecule has 0 saturated carbocycles. The van der Waals surface area contributed by atoms with Gasteiger partial charge in [-0.1, -0.05) is 38.1 Å². The summed E-state index contributed by atoms with van der Waals surface area (Å²) in [5.74, 6) is -1.50. The van der Waals surface area contributed by atoms with E-state index in [1.54, 1.807) is 30.3 Å². The molecular formula is C21H25FN2O3. The Bertz CT molecular complexity index is 834. The number of aliphatic hydroxyl groups excluding tert-OH is 1. The largest absolute Gasteiger partial charge is 0.505 e. The minimum atomic E-state index is -0.904. The van der Waals surface area contributed by atoms with Crippen molar-refractivity contribution < 1.29 is 19.4 Å². The van der Waals surface area contributed by atoms with Gasteiger partial charge in [0, 0.05) is 0 Å². The van der Waals surface area contributed by atoms with Gasteiger partial charge in [-0.2, -0.15) is 0 Å². The number of para-hydroxylation sites is 2. The normalized spacial score (nSPS) is 12.9. The number of anilines is 2. The molecule has 5 nitrogen and oxygen atoms in total. The number of carbonyl (C=O) groups is 1. The number of phenolic OH excluding ortho intramolecular Hbond substituents is 1. The first-order valence-corrected chi connectivity index (χ1v) is 8.69. The van der Waals surface area contributed by atoms with E-state index in [-0.39, 0.29) is 5.91 Å². The summed E-state index contributed by atoms with van der Waals surface area (Å²) >= 11 is 0. The number of hydrogen-bond acceptors (Lipinski definition) is 4. The van der Waals surface area contributed by atoms with Crippen molar-refractivity contribution in [1.82, 2.24) is 0 Å². The van der Waals surface area contributed by atoms with Crippen LogP contribution in [0.15, 0.2) is 54.6 Å². The van der Waals surface area contributed by atoms with E-state index >= 15 is 0 Å². The van der Waals surface area contributed by atoms with E-state index in [1.165, 1.54) is 18.2 Å². The number of nitrogens with two attached hydrogens (primary N) is 1. The Labute approximate surface area is 158 Å². The molecule has 0 heterocycles. The minimum absolute atomic E-state index is 0.285. The van der Waals surface area contributed by atoms with Crippen LogP contribution in [0.25, 0.3) is 0 Å². The lowest BCUT2D eigenvalue weighted by atomic mass is 9.79. The molecule has 0 aliphatic rings. The van der Waals surface area contributed by atoms with Gasteiger partial charge in [-0.25, -0.2) is 4.39 Å². The predicted molar refractivity (Wildman–Crippen MR) is 105 cm³/mol. The average Bonchev–Trinajstić information content (AvgIpc) is 2.62. The molecule has 6 heteroatoms. The van der Waals surface area contributed by atoms with E-state index in [1.807, 2.05) is 13.8 Å². The highest BCUT2D eigenvalue weighted by atomic mass is 19.1. The maximum absolute atomic E-state index is 13.5. The van der Waals surface area contributed by atoms with Crippen LogP contribution >= 0.6 is 0 Å². The summed E-state index contributed by atoms with van der Waals surface area (Å²) in [6, 6.07) is 10.9. The Hall–Kier alpha value is -2.86. The second-order valence-corrected chi connectivity index (χ2v) is 7.12. The van der Waals surface area contributed by atoms with Crippen LogP contribution in [0.5, 0.6) is 5.75 Å². The summed E-state index contributed by atoms with van der Waals surface area (Å²) in [7, 11) is 0. The Kier molecular flexibility index (Phi) is 6.58. The lowest BCUT2D eigenvalue weighted by Gasteiger charge is -2.30. The van der Waals surface area contributed by atoms with Crippen molar-refractivity contribution in [1.29, 1.82) is 0 Å². The molecule has 5 N–H and O–H groups in total. The fraction of sp³-hybridized carbons (Fsp3) is 0.286. The van der Waals surface area contributed by atoms with Crippen LogP contribution in [0, 0.1) is 11.2 Å². The molecule has 1 atom stereocenters. The maximum Gasteiger partial charge on any atom is 0.248 e. The summed E-state index contributed by atoms with van der Waals surface area (Å²) in [6.45, 7) is 3.72. The topological polar surface area (TPSA) is 95.6 Å². The van der Waals surface area contributed by atoms with E-state index in [0.717, 1.165) is 6.07 Å². The molecule has 27 heavy (non-hydrogen) atoms. The number of amides is 1. The number of rotatable bonds is 7. The Morgan fingerprint density at radius 1 is 1.30 bits per heavy atom. The first kappa shape index (κ1) is 20.5. The fourth-order valence-electron chi connectivity index (χ4n) is 2.71. The van der Waals surface area contributed by atoms with E-state index in [4.69, 9.17) is 5.73 Å². The number of phenols is 1. The fourth-order valence-corrected chi connectivity index (χ4v) is 2.71. The van der Waals surface area contributed by atoms with Crippen LogP contribution in [0.1, 0.15) is 38.4 Å². The first-order valence-electron chi connectivity index (χ1n) is 8.69. The van der Waals surface area contributed by atoms with Gasteiger partial charge in [-0.15, -0.1) is 0 Å². The van der Waals surface area contributed by atoms with Crippen LogP contribution in [0.3, 0.4) is 0 Å². The quantitative estimate of drug-likeness (QED) is 0.434. The van der Waals surface area contributed by atoms with E-state index in [2.05, 4.69) is 5.32 Å². The molecule has 0 bridgehead atoms. The summed E-state index contributed by atoms with van der Waals surface area (Å²) < 4.78 is 13.5. The van der Waals surface area contributed by atoms with Gasteiger partial charge in [0.15, 0.2) is 11.6 Å². The standard InChI is InChI=1S/C21H25FN2O3/c1-21(2,20(27)14-10-11-18(25)15(22)13-14)12-6-5-9-19(26)24-17-8-4-3-7-16(17)23/h3-5,7-11,13,20,25,27H,6,12,23H2,1-2H3,(H,24,26)/b9-5+/t20-/m1/s1. The number of halogens is 1. The summed E-state index contributed by atoms with van der Waals surface area (Å²) in [5, 5.41) is 22.5. The molecule has 0 aliphatic heterocycles. The monoisotopic (exact) mass is 372 g/mol. The van der Waals surface area contributed by atoms with Crippen molar-refractivity contribution in [2.75, 3.05) is 11.1 Å². The van der Waals surface area contributed by atoms with Crippen molar-refractivity contribution in [2.24, 2.45) is 5.41 Å². The molecule has 0 aliphatic carbocycles. The summed E-state index contributed by atoms with van der Waals surface area (Å²) in [6.07, 6.45) is 3.38. The molecular weight excluding hydrogens is 347 g/mol. The van der Waals surface area contributed by atoms with Gasteiger partial charge >= 0.3 is 0 Å². The minimum Gasteiger partial charge on any atom is -0.505 e. The van der Waals surface area contributed by atoms with Gasteiger partial charge in [0.1, 0.15) is 0 Å². The lowest BCUT2D eigenvalue weighted by Crippen LogP contribution is -2.22. The summed E-state index contributed by atoms with van der Waals surface area (Å²) in [5.41, 5.74) is 6.68. The molecule has 2 rings (SSSR count). The molecule has 2 aromatic carbocycles. The zero-order chi connectivity index (χ0) is 20.0. The molecule has 0 spiro atoms. The number of aromatic hydroxyl groups is 1. The van der Waals surface area contributed by atoms with Crippen LogP contribution in [0.2, 0.25) is 0 Å². The van der Waals surface area contributed by atoms with E-state index in [9.17, 15) is 19.4 Å². The van der Waals surface area contributed by atoms with Crippen molar-refractivity contribution in [3.8, 4) is 5.75 Å². The Morgan fingerprint density at radius 2 is 2.00 bits per heavy atom. The highest BCUT2D eigenvalue weighted by Crippen LogP contribution is 2.38. The SMILES string of the molecule is CC(C)(CC/C=C/C(=O)Nc1ccccc1N)[C@H](O)c1ccc(O)c(F)c1. The summed E-state index contributed by atoms with van der Waals surface area (Å²) in [4.78, 5) is 11.9. The van der Waals surface area contributed by atoms with Crippen molar-refractivity contribution >= 4 is 17.3 Å². The molecule has 0 aromatic heterocycles. The number of nitrogen functional groups attached to an aromatic ring is 1. The molecule has 0 radical (unpaired) electrons. The number of hydrogen-bond donors (Lipinski definition) is 4. The van der Waals surface area contributed by atoms with Gasteiger partial charge in [0.2, 0.25) is 5.91 Å². The number of benzene rings is 2. The Morgan fingerprint density at radius 3 is 2.67 bits per heavy atom. The molecule has 2 aromatic rings. The van der Waals surface area contributed by atoms with Crippen LogP contribution in [-0.4, -0.2) is 16.1 Å².